The van der Waals surface area contributed by atoms with E-state index in [0.29, 0.717) is 6.54 Å². The van der Waals surface area contributed by atoms with Gasteiger partial charge < -0.3 is 10.0 Å². The van der Waals surface area contributed by atoms with Crippen LogP contribution in [0.1, 0.15) is 40.2 Å². The van der Waals surface area contributed by atoms with Crippen LogP contribution in [-0.4, -0.2) is 34.0 Å². The number of likely N-dealkylation sites (tertiary alicyclic amines) is 1. The van der Waals surface area contributed by atoms with Gasteiger partial charge in [-0.15, -0.1) is 0 Å². The highest BCUT2D eigenvalue weighted by Gasteiger charge is 2.59. The van der Waals surface area contributed by atoms with Crippen LogP contribution in [0.3, 0.4) is 0 Å². The second-order valence-corrected chi connectivity index (χ2v) is 7.08. The van der Waals surface area contributed by atoms with Crippen LogP contribution in [-0.2, 0) is 15.0 Å². The first-order chi connectivity index (χ1) is 9.55. The molecule has 114 valence electrons. The zero-order valence-corrected chi connectivity index (χ0v) is 13.3. The Labute approximate surface area is 125 Å². The maximum absolute atomic E-state index is 12.7. The number of carbonyl (C=O) groups excluding carboxylic acids is 1. The summed E-state index contributed by atoms with van der Waals surface area (Å²) in [6.45, 7) is 9.44. The Morgan fingerprint density at radius 1 is 1.19 bits per heavy atom. The number of rotatable bonds is 4. The molecule has 1 amide bonds. The van der Waals surface area contributed by atoms with Crippen molar-refractivity contribution in [3.05, 3.63) is 35.9 Å². The number of carboxylic acid groups (broad SMARTS) is 1. The summed E-state index contributed by atoms with van der Waals surface area (Å²) in [6.07, 6.45) is 0. The SMILES string of the molecule is CC1(c2ccccc2)CN(C(C)(C)C(C)(C)C(=O)O)C1=O. The molecule has 4 nitrogen and oxygen atoms in total. The summed E-state index contributed by atoms with van der Waals surface area (Å²) in [6, 6.07) is 9.66. The van der Waals surface area contributed by atoms with Crippen molar-refractivity contribution in [2.45, 2.75) is 45.6 Å². The number of carbonyl (C=O) groups is 2. The maximum atomic E-state index is 12.7. The second-order valence-electron chi connectivity index (χ2n) is 7.08. The Kier molecular flexibility index (Phi) is 3.39. The van der Waals surface area contributed by atoms with Gasteiger partial charge in [-0.05, 0) is 40.2 Å². The molecule has 1 aromatic rings. The molecule has 2 rings (SSSR count). The molecule has 1 unspecified atom stereocenters. The van der Waals surface area contributed by atoms with Crippen LogP contribution in [0.5, 0.6) is 0 Å². The van der Waals surface area contributed by atoms with E-state index >= 15 is 0 Å². The first kappa shape index (κ1) is 15.5. The lowest BCUT2D eigenvalue weighted by Gasteiger charge is -2.58. The van der Waals surface area contributed by atoms with Gasteiger partial charge in [0.2, 0.25) is 5.91 Å². The Balaban J connectivity index is 2.29. The third kappa shape index (κ3) is 2.04. The molecule has 1 atom stereocenters. The minimum absolute atomic E-state index is 0.00646. The molecule has 0 bridgehead atoms. The van der Waals surface area contributed by atoms with Gasteiger partial charge in [-0.1, -0.05) is 30.3 Å². The number of nitrogens with zero attached hydrogens (tertiary/aromatic N) is 1. The molecule has 21 heavy (non-hydrogen) atoms. The molecule has 0 aliphatic carbocycles. The molecule has 1 fully saturated rings. The van der Waals surface area contributed by atoms with Gasteiger partial charge >= 0.3 is 5.97 Å². The molecule has 1 N–H and O–H groups in total. The van der Waals surface area contributed by atoms with Gasteiger partial charge in [0.1, 0.15) is 0 Å². The molecular formula is C17H23NO3. The number of aliphatic carboxylic acids is 1. The fourth-order valence-corrected chi connectivity index (χ4v) is 2.73. The zero-order chi connectivity index (χ0) is 16.1. The number of β-lactam (4-membered cyclic amide) rings is 1. The average molecular weight is 289 g/mol. The maximum Gasteiger partial charge on any atom is 0.311 e. The smallest absolute Gasteiger partial charge is 0.311 e. The summed E-state index contributed by atoms with van der Waals surface area (Å²) in [4.78, 5) is 25.9. The summed E-state index contributed by atoms with van der Waals surface area (Å²) in [5.41, 5.74) is -1.33. The average Bonchev–Trinajstić information content (AvgIpc) is 2.44. The first-order valence-corrected chi connectivity index (χ1v) is 7.16. The Bertz CT molecular complexity index is 577. The molecule has 0 spiro atoms. The van der Waals surface area contributed by atoms with Crippen LogP contribution in [0.25, 0.3) is 0 Å². The quantitative estimate of drug-likeness (QED) is 0.867. The van der Waals surface area contributed by atoms with Crippen LogP contribution < -0.4 is 0 Å². The van der Waals surface area contributed by atoms with E-state index < -0.39 is 22.3 Å². The van der Waals surface area contributed by atoms with E-state index in [1.165, 1.54) is 0 Å². The van der Waals surface area contributed by atoms with Crippen molar-refractivity contribution >= 4 is 11.9 Å². The lowest BCUT2D eigenvalue weighted by molar-refractivity contribution is -0.174. The standard InChI is InChI=1S/C17H23NO3/c1-15(2,14(20)21)16(3,4)18-11-17(5,13(18)19)12-9-7-6-8-10-12/h6-10H,11H2,1-5H3,(H,20,21). The third-order valence-corrected chi connectivity index (χ3v) is 5.34. The highest BCUT2D eigenvalue weighted by molar-refractivity contribution is 5.95. The summed E-state index contributed by atoms with van der Waals surface area (Å²) in [5, 5.41) is 9.44. The number of carboxylic acids is 1. The molecule has 1 heterocycles. The van der Waals surface area contributed by atoms with Crippen molar-refractivity contribution in [3.8, 4) is 0 Å². The molecule has 4 heteroatoms. The van der Waals surface area contributed by atoms with E-state index in [4.69, 9.17) is 0 Å². The molecule has 1 aliphatic rings. The second kappa shape index (κ2) is 4.58. The molecule has 0 radical (unpaired) electrons. The van der Waals surface area contributed by atoms with Crippen LogP contribution >= 0.6 is 0 Å². The highest BCUT2D eigenvalue weighted by atomic mass is 16.4. The van der Waals surface area contributed by atoms with Crippen molar-refractivity contribution in [2.75, 3.05) is 6.54 Å². The fourth-order valence-electron chi connectivity index (χ4n) is 2.73. The molecule has 0 aromatic heterocycles. The molecule has 1 saturated heterocycles. The van der Waals surface area contributed by atoms with E-state index in [0.717, 1.165) is 5.56 Å². The van der Waals surface area contributed by atoms with Crippen LogP contribution in [0.4, 0.5) is 0 Å². The first-order valence-electron chi connectivity index (χ1n) is 7.16. The third-order valence-electron chi connectivity index (χ3n) is 5.34. The van der Waals surface area contributed by atoms with E-state index in [-0.39, 0.29) is 5.91 Å². The van der Waals surface area contributed by atoms with Crippen molar-refractivity contribution in [1.29, 1.82) is 0 Å². The molecule has 1 aromatic carbocycles. The minimum Gasteiger partial charge on any atom is -0.481 e. The zero-order valence-electron chi connectivity index (χ0n) is 13.3. The van der Waals surface area contributed by atoms with E-state index in [9.17, 15) is 14.7 Å². The van der Waals surface area contributed by atoms with Gasteiger partial charge in [-0.2, -0.15) is 0 Å². The normalized spacial score (nSPS) is 22.9. The summed E-state index contributed by atoms with van der Waals surface area (Å²) >= 11 is 0. The summed E-state index contributed by atoms with van der Waals surface area (Å²) in [7, 11) is 0. The fraction of sp³-hybridized carbons (Fsp3) is 0.529. The van der Waals surface area contributed by atoms with Gasteiger partial charge in [0.25, 0.3) is 0 Å². The molecular weight excluding hydrogens is 266 g/mol. The van der Waals surface area contributed by atoms with Gasteiger partial charge in [-0.25, -0.2) is 0 Å². The summed E-state index contributed by atoms with van der Waals surface area (Å²) in [5.74, 6) is -0.901. The topological polar surface area (TPSA) is 57.6 Å². The van der Waals surface area contributed by atoms with Crippen molar-refractivity contribution in [1.82, 2.24) is 4.90 Å². The van der Waals surface area contributed by atoms with Crippen molar-refractivity contribution in [3.63, 3.8) is 0 Å². The number of amides is 1. The van der Waals surface area contributed by atoms with Gasteiger partial charge in [-0.3, -0.25) is 9.59 Å². The lowest BCUT2D eigenvalue weighted by Crippen LogP contribution is -2.72. The number of benzene rings is 1. The largest absolute Gasteiger partial charge is 0.481 e. The summed E-state index contributed by atoms with van der Waals surface area (Å²) < 4.78 is 0. The number of hydrogen-bond donors (Lipinski definition) is 1. The van der Waals surface area contributed by atoms with E-state index in [2.05, 4.69) is 0 Å². The van der Waals surface area contributed by atoms with Crippen LogP contribution in [0, 0.1) is 5.41 Å². The van der Waals surface area contributed by atoms with Gasteiger partial charge in [0.15, 0.2) is 0 Å². The van der Waals surface area contributed by atoms with E-state index in [1.54, 1.807) is 18.7 Å². The highest BCUT2D eigenvalue weighted by Crippen LogP contribution is 2.45. The van der Waals surface area contributed by atoms with Gasteiger partial charge in [0.05, 0.1) is 16.4 Å². The van der Waals surface area contributed by atoms with Crippen molar-refractivity contribution < 1.29 is 14.7 Å². The predicted molar refractivity (Wildman–Crippen MR) is 81.0 cm³/mol. The van der Waals surface area contributed by atoms with Crippen LogP contribution in [0.2, 0.25) is 0 Å². The Hall–Kier alpha value is -1.84. The monoisotopic (exact) mass is 289 g/mol. The van der Waals surface area contributed by atoms with Crippen molar-refractivity contribution in [2.24, 2.45) is 5.41 Å². The van der Waals surface area contributed by atoms with E-state index in [1.807, 2.05) is 51.1 Å². The molecule has 1 aliphatic heterocycles. The minimum atomic E-state index is -1.01. The van der Waals surface area contributed by atoms with Gasteiger partial charge in [0, 0.05) is 6.54 Å². The molecule has 0 saturated carbocycles. The van der Waals surface area contributed by atoms with Crippen LogP contribution in [0.15, 0.2) is 30.3 Å². The predicted octanol–water partition coefficient (Wildman–Crippen LogP) is 2.68. The number of hydrogen-bond acceptors (Lipinski definition) is 2. The lowest BCUT2D eigenvalue weighted by atomic mass is 9.66. The Morgan fingerprint density at radius 3 is 2.14 bits per heavy atom. The Morgan fingerprint density at radius 2 is 1.71 bits per heavy atom.